The third-order valence-corrected chi connectivity index (χ3v) is 2.97. The molecule has 0 spiro atoms. The highest BCUT2D eigenvalue weighted by molar-refractivity contribution is 14.1. The molecule has 19 heavy (non-hydrogen) atoms. The van der Waals surface area contributed by atoms with Gasteiger partial charge in [0.1, 0.15) is 17.9 Å². The van der Waals surface area contributed by atoms with Crippen LogP contribution < -0.4 is 4.74 Å². The maximum absolute atomic E-state index is 11.1. The zero-order valence-corrected chi connectivity index (χ0v) is 12.9. The van der Waals surface area contributed by atoms with Gasteiger partial charge in [0.05, 0.1) is 6.61 Å². The minimum atomic E-state index is -0.991. The molecule has 0 bridgehead atoms. The SMILES string of the molecule is COCCCOCCOc1ccc(I)cc1C(=O)O. The highest BCUT2D eigenvalue weighted by Gasteiger charge is 2.11. The van der Waals surface area contributed by atoms with Crippen molar-refractivity contribution >= 4 is 28.6 Å². The van der Waals surface area contributed by atoms with Crippen LogP contribution in [-0.2, 0) is 9.47 Å². The van der Waals surface area contributed by atoms with Crippen LogP contribution in [-0.4, -0.2) is 44.6 Å². The summed E-state index contributed by atoms with van der Waals surface area (Å²) >= 11 is 2.06. The second-order valence-electron chi connectivity index (χ2n) is 3.75. The van der Waals surface area contributed by atoms with E-state index in [0.717, 1.165) is 9.99 Å². The van der Waals surface area contributed by atoms with Crippen molar-refractivity contribution in [1.82, 2.24) is 0 Å². The molecule has 1 rings (SSSR count). The summed E-state index contributed by atoms with van der Waals surface area (Å²) in [4.78, 5) is 11.1. The predicted octanol–water partition coefficient (Wildman–Crippen LogP) is 2.42. The first-order chi connectivity index (χ1) is 9.15. The summed E-state index contributed by atoms with van der Waals surface area (Å²) in [7, 11) is 1.65. The molecular formula is C13H17IO5. The average molecular weight is 380 g/mol. The molecule has 0 aliphatic carbocycles. The Labute approximate surface area is 126 Å². The van der Waals surface area contributed by atoms with Crippen molar-refractivity contribution < 1.29 is 24.1 Å². The van der Waals surface area contributed by atoms with Gasteiger partial charge in [0.2, 0.25) is 0 Å². The zero-order valence-electron chi connectivity index (χ0n) is 10.7. The molecule has 1 N–H and O–H groups in total. The molecule has 0 saturated carbocycles. The molecule has 106 valence electrons. The van der Waals surface area contributed by atoms with E-state index in [1.807, 2.05) is 6.07 Å². The van der Waals surface area contributed by atoms with Crippen LogP contribution in [0.4, 0.5) is 0 Å². The fraction of sp³-hybridized carbons (Fsp3) is 0.462. The molecule has 0 aliphatic rings. The summed E-state index contributed by atoms with van der Waals surface area (Å²) < 4.78 is 16.5. The molecule has 0 aromatic heterocycles. The van der Waals surface area contributed by atoms with E-state index < -0.39 is 5.97 Å². The topological polar surface area (TPSA) is 65.0 Å². The van der Waals surface area contributed by atoms with Gasteiger partial charge in [0.15, 0.2) is 0 Å². The quantitative estimate of drug-likeness (QED) is 0.527. The number of rotatable bonds is 9. The Bertz CT molecular complexity index is 408. The van der Waals surface area contributed by atoms with Gasteiger partial charge >= 0.3 is 5.97 Å². The molecule has 6 heteroatoms. The van der Waals surface area contributed by atoms with E-state index in [2.05, 4.69) is 22.6 Å². The van der Waals surface area contributed by atoms with Crippen LogP contribution in [0.2, 0.25) is 0 Å². The van der Waals surface area contributed by atoms with Gasteiger partial charge < -0.3 is 19.3 Å². The third kappa shape index (κ3) is 6.22. The number of methoxy groups -OCH3 is 1. The second-order valence-corrected chi connectivity index (χ2v) is 5.00. The van der Waals surface area contributed by atoms with Gasteiger partial charge in [-0.05, 0) is 47.2 Å². The van der Waals surface area contributed by atoms with E-state index in [4.69, 9.17) is 19.3 Å². The highest BCUT2D eigenvalue weighted by Crippen LogP contribution is 2.21. The van der Waals surface area contributed by atoms with Crippen molar-refractivity contribution in [3.8, 4) is 5.75 Å². The fourth-order valence-electron chi connectivity index (χ4n) is 1.41. The van der Waals surface area contributed by atoms with Crippen LogP contribution in [0.3, 0.4) is 0 Å². The molecular weight excluding hydrogens is 363 g/mol. The van der Waals surface area contributed by atoms with E-state index in [1.165, 1.54) is 0 Å². The molecule has 1 aromatic carbocycles. The minimum Gasteiger partial charge on any atom is -0.490 e. The molecule has 0 atom stereocenters. The summed E-state index contributed by atoms with van der Waals surface area (Å²) in [5.74, 6) is -0.622. The molecule has 1 aromatic rings. The molecule has 0 heterocycles. The minimum absolute atomic E-state index is 0.172. The van der Waals surface area contributed by atoms with Crippen LogP contribution >= 0.6 is 22.6 Å². The second kappa shape index (κ2) is 9.11. The number of hydrogen-bond donors (Lipinski definition) is 1. The highest BCUT2D eigenvalue weighted by atomic mass is 127. The first kappa shape index (κ1) is 16.2. The zero-order chi connectivity index (χ0) is 14.1. The van der Waals surface area contributed by atoms with Crippen LogP contribution in [0.15, 0.2) is 18.2 Å². The van der Waals surface area contributed by atoms with Crippen molar-refractivity contribution in [2.75, 3.05) is 33.5 Å². The van der Waals surface area contributed by atoms with Crippen LogP contribution in [0, 0.1) is 3.57 Å². The van der Waals surface area contributed by atoms with Crippen molar-refractivity contribution in [2.45, 2.75) is 6.42 Å². The van der Waals surface area contributed by atoms with Crippen molar-refractivity contribution in [1.29, 1.82) is 0 Å². The number of benzene rings is 1. The molecule has 0 saturated heterocycles. The van der Waals surface area contributed by atoms with Gasteiger partial charge in [-0.15, -0.1) is 0 Å². The Morgan fingerprint density at radius 2 is 2.05 bits per heavy atom. The van der Waals surface area contributed by atoms with Crippen molar-refractivity contribution in [3.63, 3.8) is 0 Å². The van der Waals surface area contributed by atoms with E-state index in [9.17, 15) is 4.79 Å². The monoisotopic (exact) mass is 380 g/mol. The van der Waals surface area contributed by atoms with Crippen LogP contribution in [0.1, 0.15) is 16.8 Å². The molecule has 0 unspecified atom stereocenters. The van der Waals surface area contributed by atoms with Crippen LogP contribution in [0.25, 0.3) is 0 Å². The van der Waals surface area contributed by atoms with Gasteiger partial charge in [-0.2, -0.15) is 0 Å². The normalized spacial score (nSPS) is 10.4. The van der Waals surface area contributed by atoms with E-state index in [0.29, 0.717) is 32.2 Å². The van der Waals surface area contributed by atoms with Gasteiger partial charge in [-0.25, -0.2) is 4.79 Å². The largest absolute Gasteiger partial charge is 0.490 e. The first-order valence-corrected chi connectivity index (χ1v) is 6.95. The Kier molecular flexibility index (Phi) is 7.76. The standard InChI is InChI=1S/C13H17IO5/c1-17-5-2-6-18-7-8-19-12-4-3-10(14)9-11(12)13(15)16/h3-4,9H,2,5-8H2,1H3,(H,15,16). The maximum Gasteiger partial charge on any atom is 0.339 e. The molecule has 0 amide bonds. The lowest BCUT2D eigenvalue weighted by atomic mass is 10.2. The van der Waals surface area contributed by atoms with Gasteiger partial charge in [-0.3, -0.25) is 0 Å². The lowest BCUT2D eigenvalue weighted by Gasteiger charge is -2.10. The van der Waals surface area contributed by atoms with E-state index in [-0.39, 0.29) is 5.56 Å². The third-order valence-electron chi connectivity index (χ3n) is 2.29. The first-order valence-electron chi connectivity index (χ1n) is 5.87. The van der Waals surface area contributed by atoms with E-state index >= 15 is 0 Å². The number of carboxylic acid groups (broad SMARTS) is 1. The van der Waals surface area contributed by atoms with Crippen LogP contribution in [0.5, 0.6) is 5.75 Å². The number of hydrogen-bond acceptors (Lipinski definition) is 4. The van der Waals surface area contributed by atoms with Gasteiger partial charge in [-0.1, -0.05) is 0 Å². The summed E-state index contributed by atoms with van der Waals surface area (Å²) in [6.07, 6.45) is 0.834. The van der Waals surface area contributed by atoms with Gasteiger partial charge in [0.25, 0.3) is 0 Å². The number of ether oxygens (including phenoxy) is 3. The smallest absolute Gasteiger partial charge is 0.339 e. The Morgan fingerprint density at radius 1 is 1.26 bits per heavy atom. The molecule has 5 nitrogen and oxygen atoms in total. The molecule has 0 radical (unpaired) electrons. The fourth-order valence-corrected chi connectivity index (χ4v) is 1.90. The van der Waals surface area contributed by atoms with E-state index in [1.54, 1.807) is 19.2 Å². The Balaban J connectivity index is 2.35. The summed E-state index contributed by atoms with van der Waals surface area (Å²) in [6.45, 7) is 2.03. The number of halogens is 1. The summed E-state index contributed by atoms with van der Waals surface area (Å²) in [6, 6.07) is 5.05. The number of carboxylic acids is 1. The lowest BCUT2D eigenvalue weighted by Crippen LogP contribution is -2.10. The maximum atomic E-state index is 11.1. The Hall–Kier alpha value is -0.860. The predicted molar refractivity (Wildman–Crippen MR) is 78.9 cm³/mol. The van der Waals surface area contributed by atoms with Gasteiger partial charge in [0, 0.05) is 23.9 Å². The Morgan fingerprint density at radius 3 is 2.74 bits per heavy atom. The number of carbonyl (C=O) groups is 1. The molecule has 0 fully saturated rings. The average Bonchev–Trinajstić information content (AvgIpc) is 2.39. The lowest BCUT2D eigenvalue weighted by molar-refractivity contribution is 0.0677. The summed E-state index contributed by atoms with van der Waals surface area (Å²) in [5.41, 5.74) is 0.172. The summed E-state index contributed by atoms with van der Waals surface area (Å²) in [5, 5.41) is 9.06. The van der Waals surface area contributed by atoms with Crippen molar-refractivity contribution in [3.05, 3.63) is 27.3 Å². The van der Waals surface area contributed by atoms with Crippen molar-refractivity contribution in [2.24, 2.45) is 0 Å². The number of aromatic carboxylic acids is 1. The molecule has 0 aliphatic heterocycles.